The summed E-state index contributed by atoms with van der Waals surface area (Å²) < 4.78 is 0. The zero-order chi connectivity index (χ0) is 15.5. The molecule has 1 aromatic carbocycles. The Hall–Kier alpha value is -1.55. The third-order valence-corrected chi connectivity index (χ3v) is 5.17. The minimum atomic E-state index is 0.0868. The normalized spacial score (nSPS) is 17.6. The number of hydrazine groups is 1. The van der Waals surface area contributed by atoms with Crippen molar-refractivity contribution >= 4 is 11.6 Å². The molecule has 1 fully saturated rings. The molecule has 0 bridgehead atoms. The van der Waals surface area contributed by atoms with Crippen LogP contribution >= 0.6 is 0 Å². The Labute approximate surface area is 127 Å². The van der Waals surface area contributed by atoms with E-state index in [1.807, 2.05) is 30.0 Å². The number of piperidine rings is 1. The van der Waals surface area contributed by atoms with Crippen LogP contribution in [0.3, 0.4) is 0 Å². The van der Waals surface area contributed by atoms with Crippen molar-refractivity contribution in [1.29, 1.82) is 0 Å². The molecule has 1 amide bonds. The van der Waals surface area contributed by atoms with Crippen LogP contribution in [0.5, 0.6) is 0 Å². The molecular formula is C17H27N3O. The first-order valence-electron chi connectivity index (χ1n) is 7.92. The first kappa shape index (κ1) is 15.8. The Morgan fingerprint density at radius 3 is 2.43 bits per heavy atom. The molecule has 3 N–H and O–H groups in total. The van der Waals surface area contributed by atoms with Crippen LogP contribution in [0.25, 0.3) is 0 Å². The smallest absolute Gasteiger partial charge is 0.256 e. The predicted octanol–water partition coefficient (Wildman–Crippen LogP) is 3.32. The average Bonchev–Trinajstić information content (AvgIpc) is 2.54. The van der Waals surface area contributed by atoms with Gasteiger partial charge in [0.05, 0.1) is 11.3 Å². The number of amides is 1. The quantitative estimate of drug-likeness (QED) is 0.660. The second-order valence-electron chi connectivity index (χ2n) is 6.19. The molecule has 116 valence electrons. The molecule has 2 rings (SSSR count). The maximum Gasteiger partial charge on any atom is 0.256 e. The van der Waals surface area contributed by atoms with Crippen molar-refractivity contribution in [2.75, 3.05) is 18.5 Å². The summed E-state index contributed by atoms with van der Waals surface area (Å²) in [5.74, 6) is 5.64. The van der Waals surface area contributed by atoms with E-state index < -0.39 is 0 Å². The number of carbonyl (C=O) groups excluding carboxylic acids is 1. The van der Waals surface area contributed by atoms with Crippen LogP contribution in [-0.4, -0.2) is 23.9 Å². The van der Waals surface area contributed by atoms with Crippen molar-refractivity contribution < 1.29 is 4.79 Å². The summed E-state index contributed by atoms with van der Waals surface area (Å²) in [5, 5.41) is 0. The number of nitrogens with zero attached hydrogens (tertiary/aromatic N) is 1. The minimum absolute atomic E-state index is 0.0868. The zero-order valence-electron chi connectivity index (χ0n) is 13.4. The van der Waals surface area contributed by atoms with E-state index in [1.54, 1.807) is 0 Å². The lowest BCUT2D eigenvalue weighted by Gasteiger charge is -2.41. The van der Waals surface area contributed by atoms with E-state index in [0.29, 0.717) is 16.7 Å². The summed E-state index contributed by atoms with van der Waals surface area (Å²) in [5.41, 5.74) is 5.55. The molecule has 1 heterocycles. The Bertz CT molecular complexity index is 499. The van der Waals surface area contributed by atoms with Crippen molar-refractivity contribution in [1.82, 2.24) is 4.90 Å². The second kappa shape index (κ2) is 6.48. The van der Waals surface area contributed by atoms with Gasteiger partial charge in [-0.2, -0.15) is 0 Å². The molecule has 1 aromatic rings. The first-order chi connectivity index (χ1) is 10.0. The second-order valence-corrected chi connectivity index (χ2v) is 6.19. The molecule has 1 aliphatic heterocycles. The van der Waals surface area contributed by atoms with Crippen LogP contribution in [0.1, 0.15) is 55.5 Å². The van der Waals surface area contributed by atoms with E-state index in [0.717, 1.165) is 31.5 Å². The van der Waals surface area contributed by atoms with Gasteiger partial charge in [-0.1, -0.05) is 32.8 Å². The van der Waals surface area contributed by atoms with Gasteiger partial charge in [0.1, 0.15) is 0 Å². The number of aryl methyl sites for hydroxylation is 1. The van der Waals surface area contributed by atoms with Gasteiger partial charge in [0.25, 0.3) is 5.91 Å². The number of carbonyl (C=O) groups is 1. The highest BCUT2D eigenvalue weighted by molar-refractivity contribution is 5.99. The number of likely N-dealkylation sites (tertiary alicyclic amines) is 1. The molecule has 4 nitrogen and oxygen atoms in total. The summed E-state index contributed by atoms with van der Waals surface area (Å²) in [6.07, 6.45) is 4.60. The number of nitrogens with two attached hydrogens (primary N) is 1. The molecule has 0 unspecified atom stereocenters. The number of hydrogen-bond acceptors (Lipinski definition) is 3. The zero-order valence-corrected chi connectivity index (χ0v) is 13.4. The van der Waals surface area contributed by atoms with Crippen LogP contribution in [-0.2, 0) is 0 Å². The Balaban J connectivity index is 2.12. The standard InChI is InChI=1S/C17H27N3O/c1-4-17(5-2)8-10-20(11-9-17)16(21)14-7-6-13(3)12-15(14)19-18/h6-7,12,19H,4-5,8-11,18H2,1-3H3. The van der Waals surface area contributed by atoms with Crippen LogP contribution in [0, 0.1) is 12.3 Å². The Morgan fingerprint density at radius 1 is 1.29 bits per heavy atom. The molecule has 0 aliphatic carbocycles. The number of benzene rings is 1. The van der Waals surface area contributed by atoms with Gasteiger partial charge in [-0.05, 0) is 42.9 Å². The van der Waals surface area contributed by atoms with E-state index in [1.165, 1.54) is 12.8 Å². The number of anilines is 1. The van der Waals surface area contributed by atoms with Crippen molar-refractivity contribution in [3.63, 3.8) is 0 Å². The maximum atomic E-state index is 12.7. The summed E-state index contributed by atoms with van der Waals surface area (Å²) in [7, 11) is 0. The Kier molecular flexibility index (Phi) is 4.88. The molecule has 21 heavy (non-hydrogen) atoms. The fourth-order valence-corrected chi connectivity index (χ4v) is 3.28. The molecule has 0 saturated carbocycles. The van der Waals surface area contributed by atoms with Gasteiger partial charge in [-0.15, -0.1) is 0 Å². The molecule has 1 aliphatic rings. The van der Waals surface area contributed by atoms with Crippen molar-refractivity contribution in [3.8, 4) is 0 Å². The van der Waals surface area contributed by atoms with E-state index >= 15 is 0 Å². The van der Waals surface area contributed by atoms with Crippen molar-refractivity contribution in [3.05, 3.63) is 29.3 Å². The fraction of sp³-hybridized carbons (Fsp3) is 0.588. The number of nitrogen functional groups attached to an aromatic ring is 1. The fourth-order valence-electron chi connectivity index (χ4n) is 3.28. The molecular weight excluding hydrogens is 262 g/mol. The van der Waals surface area contributed by atoms with Gasteiger partial charge in [-0.3, -0.25) is 10.6 Å². The van der Waals surface area contributed by atoms with Gasteiger partial charge in [-0.25, -0.2) is 0 Å². The van der Waals surface area contributed by atoms with Crippen LogP contribution in [0.15, 0.2) is 18.2 Å². The average molecular weight is 289 g/mol. The Morgan fingerprint density at radius 2 is 1.90 bits per heavy atom. The molecule has 4 heteroatoms. The summed E-state index contributed by atoms with van der Waals surface area (Å²) >= 11 is 0. The molecule has 0 atom stereocenters. The largest absolute Gasteiger partial charge is 0.339 e. The third-order valence-electron chi connectivity index (χ3n) is 5.17. The molecule has 0 radical (unpaired) electrons. The number of rotatable bonds is 4. The highest BCUT2D eigenvalue weighted by atomic mass is 16.2. The topological polar surface area (TPSA) is 58.4 Å². The lowest BCUT2D eigenvalue weighted by atomic mass is 9.74. The third kappa shape index (κ3) is 3.21. The van der Waals surface area contributed by atoms with Crippen molar-refractivity contribution in [2.24, 2.45) is 11.3 Å². The lowest BCUT2D eigenvalue weighted by molar-refractivity contribution is 0.0558. The first-order valence-corrected chi connectivity index (χ1v) is 7.92. The SMILES string of the molecule is CCC1(CC)CCN(C(=O)c2ccc(C)cc2NN)CC1. The molecule has 1 saturated heterocycles. The molecule has 0 spiro atoms. The molecule has 0 aromatic heterocycles. The van der Waals surface area contributed by atoms with E-state index in [9.17, 15) is 4.79 Å². The van der Waals surface area contributed by atoms with Gasteiger partial charge in [0, 0.05) is 13.1 Å². The summed E-state index contributed by atoms with van der Waals surface area (Å²) in [6, 6.07) is 5.74. The summed E-state index contributed by atoms with van der Waals surface area (Å²) in [4.78, 5) is 14.7. The highest BCUT2D eigenvalue weighted by Gasteiger charge is 2.33. The van der Waals surface area contributed by atoms with Crippen molar-refractivity contribution in [2.45, 2.75) is 46.5 Å². The minimum Gasteiger partial charge on any atom is -0.339 e. The van der Waals surface area contributed by atoms with E-state index in [4.69, 9.17) is 5.84 Å². The maximum absolute atomic E-state index is 12.7. The monoisotopic (exact) mass is 289 g/mol. The summed E-state index contributed by atoms with van der Waals surface area (Å²) in [6.45, 7) is 8.21. The van der Waals surface area contributed by atoms with Gasteiger partial charge >= 0.3 is 0 Å². The van der Waals surface area contributed by atoms with Gasteiger partial charge in [0.2, 0.25) is 0 Å². The van der Waals surface area contributed by atoms with Crippen LogP contribution < -0.4 is 11.3 Å². The highest BCUT2D eigenvalue weighted by Crippen LogP contribution is 2.38. The van der Waals surface area contributed by atoms with Gasteiger partial charge < -0.3 is 10.3 Å². The van der Waals surface area contributed by atoms with Crippen LogP contribution in [0.2, 0.25) is 0 Å². The number of hydrogen-bond donors (Lipinski definition) is 2. The number of nitrogens with one attached hydrogen (secondary N) is 1. The predicted molar refractivity (Wildman–Crippen MR) is 87.1 cm³/mol. The lowest BCUT2D eigenvalue weighted by Crippen LogP contribution is -2.43. The van der Waals surface area contributed by atoms with E-state index in [2.05, 4.69) is 19.3 Å². The van der Waals surface area contributed by atoms with E-state index in [-0.39, 0.29) is 5.91 Å². The van der Waals surface area contributed by atoms with Gasteiger partial charge in [0.15, 0.2) is 0 Å². The van der Waals surface area contributed by atoms with Crippen LogP contribution in [0.4, 0.5) is 5.69 Å².